The van der Waals surface area contributed by atoms with E-state index < -0.39 is 0 Å². The van der Waals surface area contributed by atoms with Crippen molar-refractivity contribution in [2.75, 3.05) is 23.9 Å². The summed E-state index contributed by atoms with van der Waals surface area (Å²) in [7, 11) is 0. The highest BCUT2D eigenvalue weighted by Gasteiger charge is 2.17. The van der Waals surface area contributed by atoms with Crippen LogP contribution in [0, 0.1) is 0 Å². The molecule has 0 fully saturated rings. The standard InChI is InChI=1S/C14H15BrN4OS/c1-21-14-18-11(16)6-12(19-14)17-7-9-5-10(15)4-8-2-3-20-13(8)9/h4-6H,2-3,7H2,1H3,(H3,16,17,18,19). The van der Waals surface area contributed by atoms with Crippen LogP contribution in [0.15, 0.2) is 27.8 Å². The van der Waals surface area contributed by atoms with Gasteiger partial charge in [0.15, 0.2) is 5.16 Å². The molecule has 2 aromatic rings. The lowest BCUT2D eigenvalue weighted by Crippen LogP contribution is -2.05. The van der Waals surface area contributed by atoms with Crippen LogP contribution in [0.5, 0.6) is 5.75 Å². The molecule has 2 heterocycles. The molecule has 0 saturated heterocycles. The van der Waals surface area contributed by atoms with Crippen molar-refractivity contribution in [1.82, 2.24) is 9.97 Å². The molecule has 3 rings (SSSR count). The van der Waals surface area contributed by atoms with Crippen LogP contribution in [-0.2, 0) is 13.0 Å². The number of hydrogen-bond donors (Lipinski definition) is 2. The van der Waals surface area contributed by atoms with Crippen LogP contribution in [0.2, 0.25) is 0 Å². The topological polar surface area (TPSA) is 73.1 Å². The van der Waals surface area contributed by atoms with Crippen molar-refractivity contribution >= 4 is 39.3 Å². The van der Waals surface area contributed by atoms with Crippen molar-refractivity contribution < 1.29 is 4.74 Å². The monoisotopic (exact) mass is 366 g/mol. The van der Waals surface area contributed by atoms with Crippen LogP contribution in [0.1, 0.15) is 11.1 Å². The summed E-state index contributed by atoms with van der Waals surface area (Å²) in [5, 5.41) is 3.95. The normalized spacial score (nSPS) is 12.9. The number of thioether (sulfide) groups is 1. The van der Waals surface area contributed by atoms with Gasteiger partial charge in [-0.3, -0.25) is 0 Å². The molecule has 7 heteroatoms. The number of ether oxygens (including phenoxy) is 1. The molecule has 0 bridgehead atoms. The van der Waals surface area contributed by atoms with E-state index >= 15 is 0 Å². The summed E-state index contributed by atoms with van der Waals surface area (Å²) in [5.74, 6) is 2.17. The molecule has 1 aliphatic rings. The Morgan fingerprint density at radius 3 is 3.05 bits per heavy atom. The largest absolute Gasteiger partial charge is 0.493 e. The van der Waals surface area contributed by atoms with E-state index in [1.54, 1.807) is 6.07 Å². The molecule has 110 valence electrons. The average Bonchev–Trinajstić information content (AvgIpc) is 2.92. The molecule has 0 atom stereocenters. The Labute approximate surface area is 135 Å². The van der Waals surface area contributed by atoms with Gasteiger partial charge in [-0.15, -0.1) is 0 Å². The van der Waals surface area contributed by atoms with Crippen molar-refractivity contribution in [2.24, 2.45) is 0 Å². The van der Waals surface area contributed by atoms with Gasteiger partial charge in [-0.25, -0.2) is 9.97 Å². The fraction of sp³-hybridized carbons (Fsp3) is 0.286. The van der Waals surface area contributed by atoms with E-state index in [1.165, 1.54) is 17.3 Å². The molecule has 5 nitrogen and oxygen atoms in total. The third-order valence-electron chi connectivity index (χ3n) is 3.19. The van der Waals surface area contributed by atoms with Gasteiger partial charge in [-0.1, -0.05) is 27.7 Å². The smallest absolute Gasteiger partial charge is 0.191 e. The second kappa shape index (κ2) is 6.11. The summed E-state index contributed by atoms with van der Waals surface area (Å²) in [6.07, 6.45) is 2.88. The highest BCUT2D eigenvalue weighted by molar-refractivity contribution is 9.10. The van der Waals surface area contributed by atoms with Gasteiger partial charge in [-0.05, 0) is 24.0 Å². The van der Waals surface area contributed by atoms with Gasteiger partial charge in [0.25, 0.3) is 0 Å². The Bertz CT molecular complexity index is 680. The van der Waals surface area contributed by atoms with E-state index in [2.05, 4.69) is 43.3 Å². The number of nitrogens with zero attached hydrogens (tertiary/aromatic N) is 2. The van der Waals surface area contributed by atoms with Gasteiger partial charge >= 0.3 is 0 Å². The molecule has 1 aromatic heterocycles. The Morgan fingerprint density at radius 1 is 1.38 bits per heavy atom. The summed E-state index contributed by atoms with van der Waals surface area (Å²) in [5.41, 5.74) is 8.14. The first-order valence-electron chi connectivity index (χ1n) is 6.52. The first kappa shape index (κ1) is 14.5. The zero-order valence-corrected chi connectivity index (χ0v) is 13.9. The molecule has 21 heavy (non-hydrogen) atoms. The second-order valence-electron chi connectivity index (χ2n) is 4.67. The number of hydrogen-bond acceptors (Lipinski definition) is 6. The van der Waals surface area contributed by atoms with Crippen LogP contribution >= 0.6 is 27.7 Å². The molecule has 0 unspecified atom stereocenters. The minimum Gasteiger partial charge on any atom is -0.493 e. The molecule has 3 N–H and O–H groups in total. The lowest BCUT2D eigenvalue weighted by Gasteiger charge is -2.11. The number of nitrogen functional groups attached to an aromatic ring is 1. The maximum absolute atomic E-state index is 5.78. The Hall–Kier alpha value is -1.47. The number of rotatable bonds is 4. The highest BCUT2D eigenvalue weighted by Crippen LogP contribution is 2.33. The molecule has 0 aliphatic carbocycles. The molecular formula is C14H15BrN4OS. The summed E-state index contributed by atoms with van der Waals surface area (Å²) >= 11 is 5.01. The summed E-state index contributed by atoms with van der Waals surface area (Å²) in [4.78, 5) is 8.53. The van der Waals surface area contributed by atoms with Gasteiger partial charge in [0.2, 0.25) is 0 Å². The third-order valence-corrected chi connectivity index (χ3v) is 4.20. The fourth-order valence-electron chi connectivity index (χ4n) is 2.29. The molecule has 0 spiro atoms. The van der Waals surface area contributed by atoms with Gasteiger partial charge in [-0.2, -0.15) is 0 Å². The fourth-order valence-corrected chi connectivity index (χ4v) is 3.23. The van der Waals surface area contributed by atoms with Gasteiger partial charge in [0.1, 0.15) is 17.4 Å². The number of anilines is 2. The average molecular weight is 367 g/mol. The molecule has 0 amide bonds. The summed E-state index contributed by atoms with van der Waals surface area (Å²) in [6.45, 7) is 1.38. The second-order valence-corrected chi connectivity index (χ2v) is 6.36. The summed E-state index contributed by atoms with van der Waals surface area (Å²) in [6, 6.07) is 5.91. The van der Waals surface area contributed by atoms with E-state index in [0.29, 0.717) is 17.5 Å². The van der Waals surface area contributed by atoms with Crippen molar-refractivity contribution in [3.8, 4) is 5.75 Å². The number of nitrogens with one attached hydrogen (secondary N) is 1. The lowest BCUT2D eigenvalue weighted by atomic mass is 10.1. The van der Waals surface area contributed by atoms with Crippen LogP contribution in [-0.4, -0.2) is 22.8 Å². The van der Waals surface area contributed by atoms with E-state index in [4.69, 9.17) is 10.5 Å². The van der Waals surface area contributed by atoms with Crippen LogP contribution < -0.4 is 15.8 Å². The predicted octanol–water partition coefficient (Wildman–Crippen LogP) is 3.09. The molecule has 1 aliphatic heterocycles. The third kappa shape index (κ3) is 3.24. The number of benzene rings is 1. The highest BCUT2D eigenvalue weighted by atomic mass is 79.9. The first-order valence-corrected chi connectivity index (χ1v) is 8.54. The number of fused-ring (bicyclic) bond motifs is 1. The maximum atomic E-state index is 5.78. The van der Waals surface area contributed by atoms with Crippen molar-refractivity contribution in [1.29, 1.82) is 0 Å². The van der Waals surface area contributed by atoms with Gasteiger partial charge in [0.05, 0.1) is 6.61 Å². The zero-order valence-electron chi connectivity index (χ0n) is 11.5. The van der Waals surface area contributed by atoms with E-state index in [1.807, 2.05) is 6.26 Å². The van der Waals surface area contributed by atoms with E-state index in [-0.39, 0.29) is 0 Å². The Morgan fingerprint density at radius 2 is 2.24 bits per heavy atom. The zero-order chi connectivity index (χ0) is 14.8. The summed E-state index contributed by atoms with van der Waals surface area (Å²) < 4.78 is 6.78. The quantitative estimate of drug-likeness (QED) is 0.639. The number of halogens is 1. The van der Waals surface area contributed by atoms with E-state index in [9.17, 15) is 0 Å². The van der Waals surface area contributed by atoms with Crippen LogP contribution in [0.25, 0.3) is 0 Å². The molecule has 1 aromatic carbocycles. The van der Waals surface area contributed by atoms with Crippen LogP contribution in [0.4, 0.5) is 11.6 Å². The molecule has 0 radical (unpaired) electrons. The SMILES string of the molecule is CSc1nc(N)cc(NCc2cc(Br)cc3c2OCC3)n1. The molecule has 0 saturated carbocycles. The first-order chi connectivity index (χ1) is 10.2. The minimum absolute atomic E-state index is 0.465. The number of aromatic nitrogens is 2. The van der Waals surface area contributed by atoms with Crippen molar-refractivity contribution in [2.45, 2.75) is 18.1 Å². The van der Waals surface area contributed by atoms with Gasteiger partial charge in [0, 0.05) is 29.1 Å². The van der Waals surface area contributed by atoms with E-state index in [0.717, 1.165) is 34.6 Å². The lowest BCUT2D eigenvalue weighted by molar-refractivity contribution is 0.354. The minimum atomic E-state index is 0.465. The van der Waals surface area contributed by atoms with Gasteiger partial charge < -0.3 is 15.8 Å². The molecular weight excluding hydrogens is 352 g/mol. The maximum Gasteiger partial charge on any atom is 0.191 e. The Balaban J connectivity index is 1.81. The van der Waals surface area contributed by atoms with Crippen molar-refractivity contribution in [3.63, 3.8) is 0 Å². The van der Waals surface area contributed by atoms with Crippen LogP contribution in [0.3, 0.4) is 0 Å². The predicted molar refractivity (Wildman–Crippen MR) is 88.9 cm³/mol. The number of nitrogens with two attached hydrogens (primary N) is 1. The Kier molecular flexibility index (Phi) is 4.21. The van der Waals surface area contributed by atoms with Crippen molar-refractivity contribution in [3.05, 3.63) is 33.8 Å².